The third-order valence-electron chi connectivity index (χ3n) is 3.92. The monoisotopic (exact) mass is 424 g/mol. The lowest BCUT2D eigenvalue weighted by atomic mass is 10.2. The Hall–Kier alpha value is -1.60. The number of halogens is 1. The summed E-state index contributed by atoms with van der Waals surface area (Å²) >= 11 is 3.36. The Labute approximate surface area is 164 Å². The van der Waals surface area contributed by atoms with Gasteiger partial charge < -0.3 is 20.7 Å². The molecule has 0 bridgehead atoms. The van der Waals surface area contributed by atoms with Crippen molar-refractivity contribution in [3.05, 3.63) is 34.3 Å². The van der Waals surface area contributed by atoms with E-state index in [0.29, 0.717) is 18.7 Å². The van der Waals surface area contributed by atoms with Crippen LogP contribution in [0.5, 0.6) is 0 Å². The molecule has 7 heteroatoms. The first kappa shape index (κ1) is 20.7. The van der Waals surface area contributed by atoms with Crippen LogP contribution in [-0.4, -0.2) is 51.3 Å². The Morgan fingerprint density at radius 1 is 1.19 bits per heavy atom. The SMILES string of the molecule is CCNC(=NCCCOCC1CC1)NCCNC(=O)c1ccc(Br)cc1. The zero-order valence-electron chi connectivity index (χ0n) is 15.4. The number of nitrogens with one attached hydrogen (secondary N) is 3. The van der Waals surface area contributed by atoms with Gasteiger partial charge in [-0.2, -0.15) is 0 Å². The van der Waals surface area contributed by atoms with E-state index >= 15 is 0 Å². The smallest absolute Gasteiger partial charge is 0.251 e. The van der Waals surface area contributed by atoms with E-state index in [-0.39, 0.29) is 5.91 Å². The molecule has 1 aliphatic rings. The molecule has 26 heavy (non-hydrogen) atoms. The van der Waals surface area contributed by atoms with Crippen LogP contribution in [0.4, 0.5) is 0 Å². The topological polar surface area (TPSA) is 74.8 Å². The summed E-state index contributed by atoms with van der Waals surface area (Å²) in [6.07, 6.45) is 3.57. The summed E-state index contributed by atoms with van der Waals surface area (Å²) in [5, 5.41) is 9.34. The van der Waals surface area contributed by atoms with Crippen LogP contribution in [0.2, 0.25) is 0 Å². The molecular formula is C19H29BrN4O2. The van der Waals surface area contributed by atoms with Gasteiger partial charge in [0.05, 0.1) is 0 Å². The first-order valence-electron chi connectivity index (χ1n) is 9.32. The third-order valence-corrected chi connectivity index (χ3v) is 4.45. The van der Waals surface area contributed by atoms with E-state index in [1.54, 1.807) is 12.1 Å². The molecule has 3 N–H and O–H groups in total. The van der Waals surface area contributed by atoms with Crippen LogP contribution in [0.15, 0.2) is 33.7 Å². The highest BCUT2D eigenvalue weighted by molar-refractivity contribution is 9.10. The van der Waals surface area contributed by atoms with Crippen LogP contribution in [0.1, 0.15) is 36.5 Å². The largest absolute Gasteiger partial charge is 0.381 e. The van der Waals surface area contributed by atoms with E-state index in [4.69, 9.17) is 4.74 Å². The molecule has 144 valence electrons. The van der Waals surface area contributed by atoms with E-state index in [1.807, 2.05) is 19.1 Å². The number of benzene rings is 1. The van der Waals surface area contributed by atoms with Gasteiger partial charge in [-0.25, -0.2) is 0 Å². The van der Waals surface area contributed by atoms with Gasteiger partial charge in [-0.05, 0) is 56.4 Å². The van der Waals surface area contributed by atoms with Crippen molar-refractivity contribution in [2.45, 2.75) is 26.2 Å². The van der Waals surface area contributed by atoms with Crippen molar-refractivity contribution in [1.29, 1.82) is 0 Å². The molecule has 1 fully saturated rings. The number of guanidine groups is 1. The first-order valence-corrected chi connectivity index (χ1v) is 10.1. The molecule has 2 rings (SSSR count). The maximum Gasteiger partial charge on any atom is 0.251 e. The molecule has 1 aliphatic carbocycles. The summed E-state index contributed by atoms with van der Waals surface area (Å²) in [4.78, 5) is 16.6. The summed E-state index contributed by atoms with van der Waals surface area (Å²) < 4.78 is 6.57. The Morgan fingerprint density at radius 2 is 1.92 bits per heavy atom. The van der Waals surface area contributed by atoms with Gasteiger partial charge in [-0.3, -0.25) is 9.79 Å². The fraction of sp³-hybridized carbons (Fsp3) is 0.579. The van der Waals surface area contributed by atoms with Crippen LogP contribution >= 0.6 is 15.9 Å². The van der Waals surface area contributed by atoms with Crippen molar-refractivity contribution in [3.63, 3.8) is 0 Å². The second-order valence-electron chi connectivity index (χ2n) is 6.32. The number of hydrogen-bond acceptors (Lipinski definition) is 3. The van der Waals surface area contributed by atoms with Gasteiger partial charge in [0.1, 0.15) is 0 Å². The number of aliphatic imine (C=N–C) groups is 1. The number of hydrogen-bond donors (Lipinski definition) is 3. The molecule has 1 aromatic carbocycles. The van der Waals surface area contributed by atoms with Crippen LogP contribution < -0.4 is 16.0 Å². The van der Waals surface area contributed by atoms with E-state index < -0.39 is 0 Å². The van der Waals surface area contributed by atoms with Crippen LogP contribution in [0, 0.1) is 5.92 Å². The molecule has 1 aromatic rings. The summed E-state index contributed by atoms with van der Waals surface area (Å²) in [6.45, 7) is 6.38. The molecule has 0 atom stereocenters. The van der Waals surface area contributed by atoms with Crippen LogP contribution in [0.3, 0.4) is 0 Å². The molecule has 1 saturated carbocycles. The highest BCUT2D eigenvalue weighted by Crippen LogP contribution is 2.28. The van der Waals surface area contributed by atoms with Crippen molar-refractivity contribution in [3.8, 4) is 0 Å². The number of nitrogens with zero attached hydrogens (tertiary/aromatic N) is 1. The van der Waals surface area contributed by atoms with Crippen molar-refractivity contribution >= 4 is 27.8 Å². The van der Waals surface area contributed by atoms with Gasteiger partial charge in [0.25, 0.3) is 5.91 Å². The second-order valence-corrected chi connectivity index (χ2v) is 7.24. The van der Waals surface area contributed by atoms with E-state index in [9.17, 15) is 4.79 Å². The standard InChI is InChI=1S/C19H29BrN4O2/c1-2-21-19(23-10-3-13-26-14-15-4-5-15)24-12-11-22-18(25)16-6-8-17(20)9-7-16/h6-9,15H,2-5,10-14H2,1H3,(H,22,25)(H2,21,23,24). The Balaban J connectivity index is 1.59. The highest BCUT2D eigenvalue weighted by Gasteiger charge is 2.20. The van der Waals surface area contributed by atoms with Crippen molar-refractivity contribution in [1.82, 2.24) is 16.0 Å². The van der Waals surface area contributed by atoms with Gasteiger partial charge in [-0.1, -0.05) is 15.9 Å². The van der Waals surface area contributed by atoms with Crippen molar-refractivity contribution in [2.24, 2.45) is 10.9 Å². The van der Waals surface area contributed by atoms with Gasteiger partial charge in [0, 0.05) is 49.4 Å². The molecule has 0 radical (unpaired) electrons. The lowest BCUT2D eigenvalue weighted by Gasteiger charge is -2.12. The lowest BCUT2D eigenvalue weighted by molar-refractivity contribution is 0.0954. The Kier molecular flexibility index (Phi) is 9.48. The maximum atomic E-state index is 12.0. The van der Waals surface area contributed by atoms with Crippen LogP contribution in [0.25, 0.3) is 0 Å². The molecular weight excluding hydrogens is 396 g/mol. The minimum Gasteiger partial charge on any atom is -0.381 e. The minimum absolute atomic E-state index is 0.0750. The molecule has 6 nitrogen and oxygen atoms in total. The quantitative estimate of drug-likeness (QED) is 0.290. The molecule has 0 unspecified atom stereocenters. The molecule has 0 aromatic heterocycles. The van der Waals surface area contributed by atoms with Gasteiger partial charge in [0.15, 0.2) is 5.96 Å². The molecule has 1 amide bonds. The van der Waals surface area contributed by atoms with E-state index in [2.05, 4.69) is 36.9 Å². The average Bonchev–Trinajstić information content (AvgIpc) is 3.46. The highest BCUT2D eigenvalue weighted by atomic mass is 79.9. The summed E-state index contributed by atoms with van der Waals surface area (Å²) in [5.74, 6) is 1.51. The predicted octanol–water partition coefficient (Wildman–Crippen LogP) is 2.55. The Morgan fingerprint density at radius 3 is 2.62 bits per heavy atom. The van der Waals surface area contributed by atoms with Gasteiger partial charge in [-0.15, -0.1) is 0 Å². The molecule has 0 aliphatic heterocycles. The van der Waals surface area contributed by atoms with Crippen molar-refractivity contribution in [2.75, 3.05) is 39.4 Å². The first-order chi connectivity index (χ1) is 12.7. The fourth-order valence-corrected chi connectivity index (χ4v) is 2.56. The third kappa shape index (κ3) is 8.67. The van der Waals surface area contributed by atoms with Gasteiger partial charge in [0.2, 0.25) is 0 Å². The number of rotatable bonds is 11. The zero-order valence-corrected chi connectivity index (χ0v) is 17.0. The predicted molar refractivity (Wildman–Crippen MR) is 109 cm³/mol. The summed E-state index contributed by atoms with van der Waals surface area (Å²) in [6, 6.07) is 7.31. The molecule has 0 heterocycles. The van der Waals surface area contributed by atoms with Crippen LogP contribution in [-0.2, 0) is 4.74 Å². The van der Waals surface area contributed by atoms with E-state index in [1.165, 1.54) is 12.8 Å². The Bertz CT molecular complexity index is 573. The maximum absolute atomic E-state index is 12.0. The van der Waals surface area contributed by atoms with E-state index in [0.717, 1.165) is 49.1 Å². The summed E-state index contributed by atoms with van der Waals surface area (Å²) in [7, 11) is 0. The second kappa shape index (κ2) is 11.9. The number of carbonyl (C=O) groups is 1. The minimum atomic E-state index is -0.0750. The number of carbonyl (C=O) groups excluding carboxylic acids is 1. The molecule has 0 saturated heterocycles. The number of ether oxygens (including phenoxy) is 1. The lowest BCUT2D eigenvalue weighted by Crippen LogP contribution is -2.41. The fourth-order valence-electron chi connectivity index (χ4n) is 2.29. The molecule has 0 spiro atoms. The average molecular weight is 425 g/mol. The van der Waals surface area contributed by atoms with Gasteiger partial charge >= 0.3 is 0 Å². The van der Waals surface area contributed by atoms with Crippen molar-refractivity contribution < 1.29 is 9.53 Å². The zero-order chi connectivity index (χ0) is 18.6. The normalized spacial score (nSPS) is 14.2. The number of amides is 1. The summed E-state index contributed by atoms with van der Waals surface area (Å²) in [5.41, 5.74) is 0.653.